The Labute approximate surface area is 95.7 Å². The van der Waals surface area contributed by atoms with Crippen LogP contribution in [-0.2, 0) is 4.58 Å². The highest BCUT2D eigenvalue weighted by Gasteiger charge is 2.19. The summed E-state index contributed by atoms with van der Waals surface area (Å²) in [6, 6.07) is 9.87. The molecule has 2 aromatic rings. The van der Waals surface area contributed by atoms with Crippen molar-refractivity contribution < 1.29 is 14.6 Å². The molecule has 0 aliphatic carbocycles. The van der Waals surface area contributed by atoms with Crippen molar-refractivity contribution in [2.75, 3.05) is 0 Å². The van der Waals surface area contributed by atoms with E-state index in [1.54, 1.807) is 0 Å². The smallest absolute Gasteiger partial charge is 0.390 e. The third-order valence-electron chi connectivity index (χ3n) is 2.97. The zero-order valence-corrected chi connectivity index (χ0v) is 10.4. The number of aryl methyl sites for hydroxylation is 1. The fraction of sp³-hybridized carbons (Fsp3) is 0.167. The second kappa shape index (κ2) is 4.35. The molecular weight excluding hydrogens is 220 g/mol. The van der Waals surface area contributed by atoms with E-state index in [1.165, 1.54) is 0 Å². The average molecular weight is 234 g/mol. The van der Waals surface area contributed by atoms with E-state index in [0.717, 1.165) is 27.1 Å². The van der Waals surface area contributed by atoms with Crippen molar-refractivity contribution >= 4 is 25.2 Å². The summed E-state index contributed by atoms with van der Waals surface area (Å²) >= 11 is 0. The first-order valence-corrected chi connectivity index (χ1v) is 6.69. The highest BCUT2D eigenvalue weighted by atomic mass is 28.3. The molecule has 0 spiro atoms. The molecule has 2 rings (SSSR count). The lowest BCUT2D eigenvalue weighted by Crippen LogP contribution is -2.35. The van der Waals surface area contributed by atoms with Crippen molar-refractivity contribution in [2.24, 2.45) is 0 Å². The third kappa shape index (κ3) is 1.76. The van der Waals surface area contributed by atoms with E-state index >= 15 is 0 Å². The van der Waals surface area contributed by atoms with Crippen LogP contribution < -0.4 is 5.19 Å². The Morgan fingerprint density at radius 1 is 1.19 bits per heavy atom. The Morgan fingerprint density at radius 2 is 1.88 bits per heavy atom. The predicted octanol–water partition coefficient (Wildman–Crippen LogP) is 1.37. The van der Waals surface area contributed by atoms with Gasteiger partial charge in [0, 0.05) is 5.19 Å². The van der Waals surface area contributed by atoms with Crippen molar-refractivity contribution in [3.05, 3.63) is 41.5 Å². The standard InChI is InChI=1S/C12H14O3Si/c1-8-7-10-5-3-4-6-11(10)12(9(8)2)16(14)15-13/h3-7,13-14,16H,1-2H3. The molecule has 0 radical (unpaired) electrons. The van der Waals surface area contributed by atoms with Crippen LogP contribution in [0.25, 0.3) is 10.8 Å². The number of fused-ring (bicyclic) bond motifs is 1. The number of benzene rings is 2. The van der Waals surface area contributed by atoms with Crippen molar-refractivity contribution in [3.8, 4) is 0 Å². The lowest BCUT2D eigenvalue weighted by Gasteiger charge is -2.14. The quantitative estimate of drug-likeness (QED) is 0.469. The number of hydrogen-bond donors (Lipinski definition) is 2. The zero-order valence-electron chi connectivity index (χ0n) is 9.27. The molecule has 16 heavy (non-hydrogen) atoms. The highest BCUT2D eigenvalue weighted by Crippen LogP contribution is 2.17. The summed E-state index contributed by atoms with van der Waals surface area (Å²) in [5, 5.41) is 11.5. The third-order valence-corrected chi connectivity index (χ3v) is 4.40. The van der Waals surface area contributed by atoms with E-state index in [0.29, 0.717) is 0 Å². The maximum atomic E-state index is 9.80. The Balaban J connectivity index is 2.81. The van der Waals surface area contributed by atoms with E-state index in [-0.39, 0.29) is 0 Å². The number of hydrogen-bond acceptors (Lipinski definition) is 3. The molecule has 0 saturated heterocycles. The minimum absolute atomic E-state index is 0.762. The lowest BCUT2D eigenvalue weighted by atomic mass is 10.0. The first kappa shape index (κ1) is 11.3. The molecule has 0 bridgehead atoms. The second-order valence-corrected chi connectivity index (χ2v) is 5.40. The summed E-state index contributed by atoms with van der Waals surface area (Å²) < 4.78 is 4.17. The van der Waals surface area contributed by atoms with Crippen LogP contribution in [0.2, 0.25) is 0 Å². The van der Waals surface area contributed by atoms with Crippen LogP contribution in [0, 0.1) is 13.8 Å². The monoisotopic (exact) mass is 234 g/mol. The van der Waals surface area contributed by atoms with Crippen LogP contribution in [0.5, 0.6) is 0 Å². The fourth-order valence-corrected chi connectivity index (χ4v) is 3.23. The van der Waals surface area contributed by atoms with Crippen LogP contribution in [0.4, 0.5) is 0 Å². The first-order chi connectivity index (χ1) is 7.65. The molecule has 0 aliphatic heterocycles. The minimum atomic E-state index is -2.70. The van der Waals surface area contributed by atoms with Gasteiger partial charge in [-0.15, -0.1) is 0 Å². The molecule has 2 aromatic carbocycles. The lowest BCUT2D eigenvalue weighted by molar-refractivity contribution is -0.154. The van der Waals surface area contributed by atoms with Crippen LogP contribution in [0.3, 0.4) is 0 Å². The molecule has 3 nitrogen and oxygen atoms in total. The fourth-order valence-electron chi connectivity index (χ4n) is 2.00. The van der Waals surface area contributed by atoms with Gasteiger partial charge in [-0.25, -0.2) is 0 Å². The molecule has 0 saturated carbocycles. The summed E-state index contributed by atoms with van der Waals surface area (Å²) in [7, 11) is -2.70. The molecule has 0 amide bonds. The second-order valence-electron chi connectivity index (χ2n) is 3.91. The van der Waals surface area contributed by atoms with Crippen LogP contribution in [0.1, 0.15) is 11.1 Å². The summed E-state index contributed by atoms with van der Waals surface area (Å²) in [6.07, 6.45) is 0. The molecule has 0 aliphatic rings. The normalized spacial score (nSPS) is 13.0. The Morgan fingerprint density at radius 3 is 2.56 bits per heavy atom. The number of rotatable bonds is 2. The van der Waals surface area contributed by atoms with Gasteiger partial charge < -0.3 is 4.80 Å². The van der Waals surface area contributed by atoms with Crippen LogP contribution in [-0.4, -0.2) is 19.3 Å². The highest BCUT2D eigenvalue weighted by molar-refractivity contribution is 6.63. The van der Waals surface area contributed by atoms with E-state index in [9.17, 15) is 4.80 Å². The van der Waals surface area contributed by atoms with Gasteiger partial charge in [0.15, 0.2) is 0 Å². The summed E-state index contributed by atoms with van der Waals surface area (Å²) in [5.41, 5.74) is 2.09. The van der Waals surface area contributed by atoms with Crippen molar-refractivity contribution in [2.45, 2.75) is 13.8 Å². The van der Waals surface area contributed by atoms with Gasteiger partial charge in [0.25, 0.3) is 0 Å². The maximum Gasteiger partial charge on any atom is 0.390 e. The van der Waals surface area contributed by atoms with Gasteiger partial charge in [-0.1, -0.05) is 30.3 Å². The maximum absolute atomic E-state index is 9.80. The van der Waals surface area contributed by atoms with Crippen molar-refractivity contribution in [1.29, 1.82) is 0 Å². The topological polar surface area (TPSA) is 49.7 Å². The predicted molar refractivity (Wildman–Crippen MR) is 66.1 cm³/mol. The van der Waals surface area contributed by atoms with Gasteiger partial charge in [0.05, 0.1) is 0 Å². The molecule has 0 heterocycles. The van der Waals surface area contributed by atoms with Crippen LogP contribution in [0.15, 0.2) is 30.3 Å². The summed E-state index contributed by atoms with van der Waals surface area (Å²) in [4.78, 5) is 9.80. The molecule has 0 fully saturated rings. The molecule has 0 aromatic heterocycles. The average Bonchev–Trinajstić information content (AvgIpc) is 2.30. The Hall–Kier alpha value is -1.20. The Kier molecular flexibility index (Phi) is 3.07. The SMILES string of the molecule is Cc1cc2ccccc2c([SiH](O)OO)c1C. The summed E-state index contributed by atoms with van der Waals surface area (Å²) in [6.45, 7) is 3.93. The van der Waals surface area contributed by atoms with E-state index in [1.807, 2.05) is 38.1 Å². The van der Waals surface area contributed by atoms with Gasteiger partial charge in [-0.3, -0.25) is 9.83 Å². The Bertz CT molecular complexity index is 525. The van der Waals surface area contributed by atoms with E-state index in [2.05, 4.69) is 10.6 Å². The van der Waals surface area contributed by atoms with Crippen molar-refractivity contribution in [3.63, 3.8) is 0 Å². The molecule has 84 valence electrons. The van der Waals surface area contributed by atoms with Gasteiger partial charge in [0.1, 0.15) is 0 Å². The van der Waals surface area contributed by atoms with Gasteiger partial charge in [-0.05, 0) is 35.7 Å². The van der Waals surface area contributed by atoms with Gasteiger partial charge in [0.2, 0.25) is 0 Å². The summed E-state index contributed by atoms with van der Waals surface area (Å²) in [5.74, 6) is 0. The first-order valence-electron chi connectivity index (χ1n) is 5.12. The zero-order chi connectivity index (χ0) is 11.7. The van der Waals surface area contributed by atoms with Crippen molar-refractivity contribution in [1.82, 2.24) is 0 Å². The van der Waals surface area contributed by atoms with Gasteiger partial charge >= 0.3 is 9.28 Å². The molecule has 2 N–H and O–H groups in total. The molecule has 1 atom stereocenters. The van der Waals surface area contributed by atoms with Gasteiger partial charge in [-0.2, -0.15) is 0 Å². The van der Waals surface area contributed by atoms with E-state index < -0.39 is 9.28 Å². The molecular formula is C12H14O3Si. The van der Waals surface area contributed by atoms with Crippen LogP contribution >= 0.6 is 0 Å². The van der Waals surface area contributed by atoms with E-state index in [4.69, 9.17) is 5.26 Å². The minimum Gasteiger partial charge on any atom is -0.408 e. The molecule has 4 heteroatoms. The molecule has 1 unspecified atom stereocenters. The largest absolute Gasteiger partial charge is 0.408 e.